The van der Waals surface area contributed by atoms with Gasteiger partial charge in [0.25, 0.3) is 0 Å². The van der Waals surface area contributed by atoms with Crippen LogP contribution in [0.5, 0.6) is 0 Å². The predicted molar refractivity (Wildman–Crippen MR) is 58.7 cm³/mol. The van der Waals surface area contributed by atoms with Gasteiger partial charge in [-0.1, -0.05) is 6.07 Å². The molecule has 15 heavy (non-hydrogen) atoms. The number of benzene rings is 1. The smallest absolute Gasteiger partial charge is 0.192 e. The zero-order chi connectivity index (χ0) is 11.2. The molecule has 0 spiro atoms. The lowest BCUT2D eigenvalue weighted by Crippen LogP contribution is -2.11. The highest BCUT2D eigenvalue weighted by molar-refractivity contribution is 5.83. The minimum Gasteiger partial charge on any atom is -0.356 e. The lowest BCUT2D eigenvalue weighted by molar-refractivity contribution is 0.636. The molecule has 0 aliphatic rings. The molecule has 2 nitrogen and oxygen atoms in total. The van der Waals surface area contributed by atoms with Crippen LogP contribution in [0.2, 0.25) is 0 Å². The Kier molecular flexibility index (Phi) is 2.11. The third kappa shape index (κ3) is 1.35. The Morgan fingerprint density at radius 3 is 2.53 bits per heavy atom. The standard InChI is InChI=1S/C12H12FNO/c1-6-4-5-9(13)11-10(6)12(15)7(2)8(3)14-11/h4-5H,1-3H3,(H,14,15). The summed E-state index contributed by atoms with van der Waals surface area (Å²) in [5.74, 6) is -0.379. The Morgan fingerprint density at radius 2 is 1.87 bits per heavy atom. The van der Waals surface area contributed by atoms with Gasteiger partial charge in [-0.05, 0) is 32.4 Å². The highest BCUT2D eigenvalue weighted by Crippen LogP contribution is 2.17. The molecule has 1 aromatic carbocycles. The number of fused-ring (bicyclic) bond motifs is 1. The number of aryl methyl sites for hydroxylation is 2. The third-order valence-corrected chi connectivity index (χ3v) is 2.81. The average molecular weight is 205 g/mol. The Balaban J connectivity index is 3.12. The van der Waals surface area contributed by atoms with Crippen LogP contribution in [0.4, 0.5) is 4.39 Å². The molecule has 0 aliphatic heterocycles. The molecule has 0 bridgehead atoms. The molecule has 1 aromatic heterocycles. The molecule has 1 heterocycles. The van der Waals surface area contributed by atoms with Crippen LogP contribution >= 0.6 is 0 Å². The van der Waals surface area contributed by atoms with Crippen LogP contribution in [0.1, 0.15) is 16.8 Å². The topological polar surface area (TPSA) is 32.9 Å². The summed E-state index contributed by atoms with van der Waals surface area (Å²) in [5.41, 5.74) is 2.39. The van der Waals surface area contributed by atoms with E-state index in [-0.39, 0.29) is 11.2 Å². The first-order valence-corrected chi connectivity index (χ1v) is 4.80. The van der Waals surface area contributed by atoms with Gasteiger partial charge in [-0.3, -0.25) is 4.79 Å². The monoisotopic (exact) mass is 205 g/mol. The maximum absolute atomic E-state index is 13.5. The molecule has 1 N–H and O–H groups in total. The summed E-state index contributed by atoms with van der Waals surface area (Å²) in [4.78, 5) is 14.9. The van der Waals surface area contributed by atoms with Crippen molar-refractivity contribution in [3.05, 3.63) is 45.0 Å². The summed E-state index contributed by atoms with van der Waals surface area (Å²) in [7, 11) is 0. The van der Waals surface area contributed by atoms with Crippen LogP contribution < -0.4 is 5.43 Å². The van der Waals surface area contributed by atoms with Gasteiger partial charge in [0.15, 0.2) is 5.43 Å². The molecule has 0 atom stereocenters. The number of pyridine rings is 1. The van der Waals surface area contributed by atoms with Crippen molar-refractivity contribution in [2.24, 2.45) is 0 Å². The van der Waals surface area contributed by atoms with Crippen molar-refractivity contribution < 1.29 is 4.39 Å². The maximum Gasteiger partial charge on any atom is 0.192 e. The quantitative estimate of drug-likeness (QED) is 0.704. The van der Waals surface area contributed by atoms with E-state index in [2.05, 4.69) is 4.98 Å². The highest BCUT2D eigenvalue weighted by Gasteiger charge is 2.10. The Labute approximate surface area is 86.8 Å². The maximum atomic E-state index is 13.5. The number of rotatable bonds is 0. The van der Waals surface area contributed by atoms with Gasteiger partial charge in [0.2, 0.25) is 0 Å². The van der Waals surface area contributed by atoms with Crippen LogP contribution in [-0.4, -0.2) is 4.98 Å². The fraction of sp³-hybridized carbons (Fsp3) is 0.250. The molecular weight excluding hydrogens is 193 g/mol. The molecule has 0 radical (unpaired) electrons. The summed E-state index contributed by atoms with van der Waals surface area (Å²) in [6, 6.07) is 3.00. The van der Waals surface area contributed by atoms with Crippen LogP contribution in [0, 0.1) is 26.6 Å². The average Bonchev–Trinajstić information content (AvgIpc) is 2.20. The Morgan fingerprint density at radius 1 is 1.20 bits per heavy atom. The van der Waals surface area contributed by atoms with Crippen molar-refractivity contribution in [3.63, 3.8) is 0 Å². The second-order valence-electron chi connectivity index (χ2n) is 3.82. The first-order valence-electron chi connectivity index (χ1n) is 4.80. The summed E-state index contributed by atoms with van der Waals surface area (Å²) in [6.45, 7) is 5.34. The van der Waals surface area contributed by atoms with E-state index in [1.807, 2.05) is 6.92 Å². The first-order chi connectivity index (χ1) is 7.02. The lowest BCUT2D eigenvalue weighted by atomic mass is 10.1. The van der Waals surface area contributed by atoms with E-state index in [1.54, 1.807) is 19.9 Å². The second kappa shape index (κ2) is 3.19. The van der Waals surface area contributed by atoms with Crippen molar-refractivity contribution in [2.75, 3.05) is 0 Å². The molecule has 0 unspecified atom stereocenters. The van der Waals surface area contributed by atoms with Gasteiger partial charge in [-0.25, -0.2) is 4.39 Å². The fourth-order valence-electron chi connectivity index (χ4n) is 1.74. The second-order valence-corrected chi connectivity index (χ2v) is 3.82. The number of hydrogen-bond donors (Lipinski definition) is 1. The van der Waals surface area contributed by atoms with E-state index >= 15 is 0 Å². The molecule has 0 saturated carbocycles. The Bertz CT molecular complexity index is 599. The largest absolute Gasteiger partial charge is 0.356 e. The summed E-state index contributed by atoms with van der Waals surface area (Å²) < 4.78 is 13.5. The van der Waals surface area contributed by atoms with Gasteiger partial charge in [0, 0.05) is 11.3 Å². The van der Waals surface area contributed by atoms with Crippen LogP contribution in [0.3, 0.4) is 0 Å². The van der Waals surface area contributed by atoms with Crippen LogP contribution in [0.25, 0.3) is 10.9 Å². The highest BCUT2D eigenvalue weighted by atomic mass is 19.1. The van der Waals surface area contributed by atoms with Gasteiger partial charge in [0.1, 0.15) is 5.82 Å². The SMILES string of the molecule is Cc1[nH]c2c(F)ccc(C)c2c(=O)c1C. The number of aromatic nitrogens is 1. The number of H-pyrrole nitrogens is 1. The number of hydrogen-bond acceptors (Lipinski definition) is 1. The van der Waals surface area contributed by atoms with E-state index in [0.717, 1.165) is 11.3 Å². The van der Waals surface area contributed by atoms with Crippen molar-refractivity contribution in [1.82, 2.24) is 4.98 Å². The molecular formula is C12H12FNO. The molecule has 3 heteroatoms. The summed E-state index contributed by atoms with van der Waals surface area (Å²) in [6.07, 6.45) is 0. The molecule has 78 valence electrons. The van der Waals surface area contributed by atoms with E-state index in [1.165, 1.54) is 6.07 Å². The van der Waals surface area contributed by atoms with Gasteiger partial charge in [-0.2, -0.15) is 0 Å². The lowest BCUT2D eigenvalue weighted by Gasteiger charge is -2.06. The first kappa shape index (κ1) is 9.90. The third-order valence-electron chi connectivity index (χ3n) is 2.81. The fourth-order valence-corrected chi connectivity index (χ4v) is 1.74. The normalized spacial score (nSPS) is 10.9. The minimum atomic E-state index is -0.379. The van der Waals surface area contributed by atoms with Crippen molar-refractivity contribution in [2.45, 2.75) is 20.8 Å². The molecule has 2 aromatic rings. The van der Waals surface area contributed by atoms with Gasteiger partial charge < -0.3 is 4.98 Å². The summed E-state index contributed by atoms with van der Waals surface area (Å²) in [5, 5.41) is 0.457. The zero-order valence-corrected chi connectivity index (χ0v) is 8.94. The minimum absolute atomic E-state index is 0.0850. The van der Waals surface area contributed by atoms with E-state index in [0.29, 0.717) is 16.5 Å². The Hall–Kier alpha value is -1.64. The van der Waals surface area contributed by atoms with Crippen molar-refractivity contribution >= 4 is 10.9 Å². The zero-order valence-electron chi connectivity index (χ0n) is 8.94. The molecule has 0 saturated heterocycles. The molecule has 0 fully saturated rings. The van der Waals surface area contributed by atoms with Crippen LogP contribution in [-0.2, 0) is 0 Å². The van der Waals surface area contributed by atoms with Crippen molar-refractivity contribution in [1.29, 1.82) is 0 Å². The number of nitrogens with one attached hydrogen (secondary N) is 1. The summed E-state index contributed by atoms with van der Waals surface area (Å²) >= 11 is 0. The van der Waals surface area contributed by atoms with E-state index < -0.39 is 0 Å². The van der Waals surface area contributed by atoms with E-state index in [9.17, 15) is 9.18 Å². The number of aromatic amines is 1. The van der Waals surface area contributed by atoms with E-state index in [4.69, 9.17) is 0 Å². The molecule has 2 rings (SSSR count). The molecule has 0 aliphatic carbocycles. The predicted octanol–water partition coefficient (Wildman–Crippen LogP) is 2.59. The van der Waals surface area contributed by atoms with Gasteiger partial charge in [-0.15, -0.1) is 0 Å². The number of halogens is 1. The van der Waals surface area contributed by atoms with Crippen molar-refractivity contribution in [3.8, 4) is 0 Å². The van der Waals surface area contributed by atoms with Gasteiger partial charge >= 0.3 is 0 Å². The molecule has 0 amide bonds. The van der Waals surface area contributed by atoms with Gasteiger partial charge in [0.05, 0.1) is 10.9 Å². The van der Waals surface area contributed by atoms with Crippen LogP contribution in [0.15, 0.2) is 16.9 Å².